The molecule has 1 aliphatic rings. The molecule has 1 unspecified atom stereocenters. The van der Waals surface area contributed by atoms with Gasteiger partial charge in [0.25, 0.3) is 0 Å². The van der Waals surface area contributed by atoms with Gasteiger partial charge in [-0.05, 0) is 19.8 Å². The summed E-state index contributed by atoms with van der Waals surface area (Å²) in [4.78, 5) is 24.6. The minimum absolute atomic E-state index is 0.0151. The third-order valence-corrected chi connectivity index (χ3v) is 3.10. The summed E-state index contributed by atoms with van der Waals surface area (Å²) < 4.78 is 0. The van der Waals surface area contributed by atoms with Crippen LogP contribution in [0, 0.1) is 0 Å². The zero-order valence-corrected chi connectivity index (χ0v) is 11.0. The number of rotatable bonds is 5. The smallest absolute Gasteiger partial charge is 0.238 e. The molecule has 0 heterocycles. The normalized spacial score (nSPS) is 17.8. The van der Waals surface area contributed by atoms with E-state index in [0.717, 1.165) is 12.8 Å². The fourth-order valence-electron chi connectivity index (χ4n) is 2.07. The molecule has 2 N–H and O–H groups in total. The van der Waals surface area contributed by atoms with Gasteiger partial charge in [-0.15, -0.1) is 0 Å². The molecule has 1 fully saturated rings. The van der Waals surface area contributed by atoms with Gasteiger partial charge < -0.3 is 10.2 Å². The molecule has 0 bridgehead atoms. The van der Waals surface area contributed by atoms with Crippen molar-refractivity contribution in [2.75, 3.05) is 20.6 Å². The first-order valence-corrected chi connectivity index (χ1v) is 6.24. The van der Waals surface area contributed by atoms with Crippen LogP contribution in [0.5, 0.6) is 0 Å². The second-order valence-corrected chi connectivity index (χ2v) is 4.88. The number of nitrogens with one attached hydrogen (secondary N) is 2. The van der Waals surface area contributed by atoms with Crippen molar-refractivity contribution in [3.63, 3.8) is 0 Å². The van der Waals surface area contributed by atoms with E-state index in [1.165, 1.54) is 17.7 Å². The van der Waals surface area contributed by atoms with Crippen molar-refractivity contribution in [1.82, 2.24) is 15.5 Å². The zero-order valence-electron chi connectivity index (χ0n) is 11.0. The van der Waals surface area contributed by atoms with E-state index in [0.29, 0.717) is 6.04 Å². The Labute approximate surface area is 103 Å². The molecule has 1 saturated carbocycles. The molecule has 5 heteroatoms. The van der Waals surface area contributed by atoms with Crippen LogP contribution in [0.3, 0.4) is 0 Å². The van der Waals surface area contributed by atoms with Crippen LogP contribution in [0.15, 0.2) is 0 Å². The molecule has 0 aromatic carbocycles. The van der Waals surface area contributed by atoms with Gasteiger partial charge in [-0.25, -0.2) is 0 Å². The van der Waals surface area contributed by atoms with Crippen molar-refractivity contribution in [2.45, 2.75) is 44.7 Å². The molecule has 2 amide bonds. The number of amides is 2. The van der Waals surface area contributed by atoms with E-state index in [2.05, 4.69) is 10.6 Å². The number of likely N-dealkylation sites (N-methyl/N-ethyl adjacent to an activating group) is 1. The Morgan fingerprint density at radius 2 is 1.88 bits per heavy atom. The van der Waals surface area contributed by atoms with Gasteiger partial charge in [0.2, 0.25) is 11.8 Å². The van der Waals surface area contributed by atoms with Crippen molar-refractivity contribution in [3.05, 3.63) is 0 Å². The highest BCUT2D eigenvalue weighted by Gasteiger charge is 2.19. The summed E-state index contributed by atoms with van der Waals surface area (Å²) in [6, 6.07) is 0.0171. The Morgan fingerprint density at radius 1 is 1.29 bits per heavy atom. The number of hydrogen-bond acceptors (Lipinski definition) is 3. The molecule has 5 nitrogen and oxygen atoms in total. The molecule has 98 valence electrons. The van der Waals surface area contributed by atoms with Gasteiger partial charge in [-0.1, -0.05) is 12.8 Å². The summed E-state index contributed by atoms with van der Waals surface area (Å²) >= 11 is 0. The molecule has 0 aromatic rings. The maximum absolute atomic E-state index is 11.6. The predicted octanol–water partition coefficient (Wildman–Crippen LogP) is 0.112. The van der Waals surface area contributed by atoms with E-state index in [9.17, 15) is 9.59 Å². The Hall–Kier alpha value is -1.10. The van der Waals surface area contributed by atoms with Gasteiger partial charge in [0.15, 0.2) is 0 Å². The number of nitrogens with zero attached hydrogens (tertiary/aromatic N) is 1. The SMILES string of the molecule is CC(NCC(=O)NC1CCCC1)C(=O)N(C)C. The van der Waals surface area contributed by atoms with E-state index >= 15 is 0 Å². The van der Waals surface area contributed by atoms with Gasteiger partial charge in [0.05, 0.1) is 12.6 Å². The first-order chi connectivity index (χ1) is 8.00. The summed E-state index contributed by atoms with van der Waals surface area (Å²) in [6.45, 7) is 1.97. The van der Waals surface area contributed by atoms with Crippen LogP contribution >= 0.6 is 0 Å². The fraction of sp³-hybridized carbons (Fsp3) is 0.833. The lowest BCUT2D eigenvalue weighted by Gasteiger charge is -2.18. The average Bonchev–Trinajstić information content (AvgIpc) is 2.77. The third kappa shape index (κ3) is 4.73. The third-order valence-electron chi connectivity index (χ3n) is 3.10. The quantitative estimate of drug-likeness (QED) is 0.718. The van der Waals surface area contributed by atoms with Crippen LogP contribution in [-0.4, -0.2) is 49.4 Å². The number of carbonyl (C=O) groups excluding carboxylic acids is 2. The lowest BCUT2D eigenvalue weighted by molar-refractivity contribution is -0.130. The van der Waals surface area contributed by atoms with Crippen LogP contribution in [-0.2, 0) is 9.59 Å². The topological polar surface area (TPSA) is 61.4 Å². The van der Waals surface area contributed by atoms with Crippen molar-refractivity contribution in [3.8, 4) is 0 Å². The average molecular weight is 241 g/mol. The van der Waals surface area contributed by atoms with E-state index in [1.807, 2.05) is 0 Å². The van der Waals surface area contributed by atoms with Crippen LogP contribution in [0.25, 0.3) is 0 Å². The standard InChI is InChI=1S/C12H23N3O2/c1-9(12(17)15(2)3)13-8-11(16)14-10-6-4-5-7-10/h9-10,13H,4-8H2,1-3H3,(H,14,16). The van der Waals surface area contributed by atoms with Crippen LogP contribution < -0.4 is 10.6 Å². The highest BCUT2D eigenvalue weighted by Crippen LogP contribution is 2.17. The van der Waals surface area contributed by atoms with Crippen LogP contribution in [0.2, 0.25) is 0 Å². The summed E-state index contributed by atoms with van der Waals surface area (Å²) in [6.07, 6.45) is 4.57. The van der Waals surface area contributed by atoms with Crippen LogP contribution in [0.4, 0.5) is 0 Å². The highest BCUT2D eigenvalue weighted by molar-refractivity contribution is 5.83. The van der Waals surface area contributed by atoms with Crippen molar-refractivity contribution in [1.29, 1.82) is 0 Å². The minimum atomic E-state index is -0.320. The van der Waals surface area contributed by atoms with Gasteiger partial charge in [-0.2, -0.15) is 0 Å². The van der Waals surface area contributed by atoms with Gasteiger partial charge in [0, 0.05) is 20.1 Å². The Bertz CT molecular complexity index is 273. The maximum Gasteiger partial charge on any atom is 0.238 e. The second kappa shape index (κ2) is 6.59. The highest BCUT2D eigenvalue weighted by atomic mass is 16.2. The molecule has 17 heavy (non-hydrogen) atoms. The molecule has 0 spiro atoms. The molecule has 1 rings (SSSR count). The molecule has 0 saturated heterocycles. The molecular weight excluding hydrogens is 218 g/mol. The minimum Gasteiger partial charge on any atom is -0.352 e. The van der Waals surface area contributed by atoms with Gasteiger partial charge in [-0.3, -0.25) is 14.9 Å². The molecular formula is C12H23N3O2. The molecule has 0 aromatic heterocycles. The summed E-state index contributed by atoms with van der Waals surface area (Å²) in [5, 5.41) is 5.91. The number of carbonyl (C=O) groups is 2. The van der Waals surface area contributed by atoms with E-state index in [1.54, 1.807) is 21.0 Å². The fourth-order valence-corrected chi connectivity index (χ4v) is 2.07. The summed E-state index contributed by atoms with van der Waals surface area (Å²) in [7, 11) is 3.41. The maximum atomic E-state index is 11.6. The van der Waals surface area contributed by atoms with Gasteiger partial charge in [0.1, 0.15) is 0 Å². The molecule has 1 aliphatic carbocycles. The first kappa shape index (κ1) is 14.0. The first-order valence-electron chi connectivity index (χ1n) is 6.24. The Morgan fingerprint density at radius 3 is 2.41 bits per heavy atom. The lowest BCUT2D eigenvalue weighted by atomic mass is 10.2. The Kier molecular flexibility index (Phi) is 5.41. The summed E-state index contributed by atoms with van der Waals surface area (Å²) in [5.41, 5.74) is 0. The van der Waals surface area contributed by atoms with Crippen molar-refractivity contribution < 1.29 is 9.59 Å². The Balaban J connectivity index is 2.20. The van der Waals surface area contributed by atoms with Crippen molar-refractivity contribution >= 4 is 11.8 Å². The summed E-state index contributed by atoms with van der Waals surface area (Å²) in [5.74, 6) is -0.0334. The zero-order chi connectivity index (χ0) is 12.8. The van der Waals surface area contributed by atoms with E-state index in [-0.39, 0.29) is 24.4 Å². The lowest BCUT2D eigenvalue weighted by Crippen LogP contribution is -2.46. The molecule has 1 atom stereocenters. The largest absolute Gasteiger partial charge is 0.352 e. The van der Waals surface area contributed by atoms with Crippen molar-refractivity contribution in [2.24, 2.45) is 0 Å². The molecule has 0 aliphatic heterocycles. The van der Waals surface area contributed by atoms with Gasteiger partial charge >= 0.3 is 0 Å². The number of hydrogen-bond donors (Lipinski definition) is 2. The monoisotopic (exact) mass is 241 g/mol. The van der Waals surface area contributed by atoms with E-state index < -0.39 is 0 Å². The van der Waals surface area contributed by atoms with Crippen LogP contribution in [0.1, 0.15) is 32.6 Å². The second-order valence-electron chi connectivity index (χ2n) is 4.88. The predicted molar refractivity (Wildman–Crippen MR) is 66.6 cm³/mol. The molecule has 0 radical (unpaired) electrons. The van der Waals surface area contributed by atoms with E-state index in [4.69, 9.17) is 0 Å².